The number of aldehydes is 1. The van der Waals surface area contributed by atoms with Crippen LogP contribution in [0.2, 0.25) is 0 Å². The summed E-state index contributed by atoms with van der Waals surface area (Å²) in [5.41, 5.74) is 0.727. The van der Waals surface area contributed by atoms with E-state index in [0.29, 0.717) is 5.56 Å². The molecule has 0 saturated heterocycles. The molecule has 2 aromatic rings. The number of benzene rings is 2. The zero-order chi connectivity index (χ0) is 26.8. The van der Waals surface area contributed by atoms with Crippen LogP contribution in [0.25, 0.3) is 0 Å². The lowest BCUT2D eigenvalue weighted by atomic mass is 10.0. The third kappa shape index (κ3) is 7.33. The Morgan fingerprint density at radius 1 is 0.944 bits per heavy atom. The van der Waals surface area contributed by atoms with E-state index in [1.807, 2.05) is 0 Å². The smallest absolute Gasteiger partial charge is 0.305 e. The molecule has 2 N–H and O–H groups in total. The second-order valence-corrected chi connectivity index (χ2v) is 8.44. The van der Waals surface area contributed by atoms with Crippen LogP contribution in [0.3, 0.4) is 0 Å². The molecule has 0 bridgehead atoms. The molecule has 2 aromatic carbocycles. The van der Waals surface area contributed by atoms with Crippen molar-refractivity contribution in [3.8, 4) is 0 Å². The SMILES string of the molecule is CC(=O)N([C@H](C=O)CC(=O)O)N(Cc1ccccc1)C(=O)[C@@H](NC(=O)C(=O)c1ccccc1)C(C)C. The van der Waals surface area contributed by atoms with E-state index in [4.69, 9.17) is 0 Å². The number of rotatable bonds is 11. The Hall–Kier alpha value is -4.34. The average molecular weight is 496 g/mol. The average Bonchev–Trinajstić information content (AvgIpc) is 2.85. The highest BCUT2D eigenvalue weighted by atomic mass is 16.4. The molecule has 0 saturated carbocycles. The number of carbonyl (C=O) groups excluding carboxylic acids is 5. The monoisotopic (exact) mass is 495 g/mol. The highest BCUT2D eigenvalue weighted by molar-refractivity contribution is 6.43. The number of carbonyl (C=O) groups is 6. The number of carboxylic acid groups (broad SMARTS) is 1. The molecule has 0 fully saturated rings. The Bertz CT molecular complexity index is 1100. The Morgan fingerprint density at radius 2 is 1.50 bits per heavy atom. The highest BCUT2D eigenvalue weighted by Gasteiger charge is 2.37. The van der Waals surface area contributed by atoms with E-state index in [0.717, 1.165) is 16.9 Å². The van der Waals surface area contributed by atoms with E-state index >= 15 is 0 Å². The van der Waals surface area contributed by atoms with Crippen molar-refractivity contribution in [1.29, 1.82) is 0 Å². The van der Waals surface area contributed by atoms with E-state index in [-0.39, 0.29) is 18.4 Å². The zero-order valence-electron chi connectivity index (χ0n) is 20.3. The molecule has 0 unspecified atom stereocenters. The van der Waals surface area contributed by atoms with Gasteiger partial charge in [-0.3, -0.25) is 24.0 Å². The number of ketones is 1. The van der Waals surface area contributed by atoms with E-state index in [1.54, 1.807) is 62.4 Å². The van der Waals surface area contributed by atoms with Crippen molar-refractivity contribution < 1.29 is 33.9 Å². The molecule has 2 rings (SSSR count). The molecule has 0 aliphatic rings. The first-order valence-corrected chi connectivity index (χ1v) is 11.3. The fourth-order valence-electron chi connectivity index (χ4n) is 3.57. The van der Waals surface area contributed by atoms with Crippen molar-refractivity contribution in [2.75, 3.05) is 0 Å². The molecule has 0 aliphatic heterocycles. The Kier molecular flexibility index (Phi) is 10.0. The van der Waals surface area contributed by atoms with E-state index in [1.165, 1.54) is 12.1 Å². The molecule has 0 spiro atoms. The lowest BCUT2D eigenvalue weighted by Crippen LogP contribution is -2.60. The summed E-state index contributed by atoms with van der Waals surface area (Å²) in [7, 11) is 0. The van der Waals surface area contributed by atoms with Crippen molar-refractivity contribution >= 4 is 35.8 Å². The van der Waals surface area contributed by atoms with Crippen LogP contribution in [0, 0.1) is 5.92 Å². The second-order valence-electron chi connectivity index (χ2n) is 8.44. The minimum Gasteiger partial charge on any atom is -0.481 e. The molecular formula is C26H29N3O7. The summed E-state index contributed by atoms with van der Waals surface area (Å²) in [5.74, 6) is -5.25. The van der Waals surface area contributed by atoms with E-state index in [2.05, 4.69) is 5.32 Å². The van der Waals surface area contributed by atoms with Gasteiger partial charge in [0.15, 0.2) is 0 Å². The highest BCUT2D eigenvalue weighted by Crippen LogP contribution is 2.18. The number of aliphatic carboxylic acids is 1. The van der Waals surface area contributed by atoms with Gasteiger partial charge in [0.1, 0.15) is 18.4 Å². The molecule has 2 atom stereocenters. The van der Waals surface area contributed by atoms with Crippen LogP contribution in [0.5, 0.6) is 0 Å². The van der Waals surface area contributed by atoms with Crippen LogP contribution in [0.4, 0.5) is 0 Å². The van der Waals surface area contributed by atoms with Gasteiger partial charge >= 0.3 is 5.97 Å². The summed E-state index contributed by atoms with van der Waals surface area (Å²) in [6.45, 7) is 4.20. The van der Waals surface area contributed by atoms with Gasteiger partial charge in [-0.1, -0.05) is 74.5 Å². The third-order valence-electron chi connectivity index (χ3n) is 5.33. The Morgan fingerprint density at radius 3 is 1.97 bits per heavy atom. The lowest BCUT2D eigenvalue weighted by molar-refractivity contribution is -0.174. The number of hydrogen-bond donors (Lipinski definition) is 2. The third-order valence-corrected chi connectivity index (χ3v) is 5.33. The zero-order valence-corrected chi connectivity index (χ0v) is 20.3. The van der Waals surface area contributed by atoms with Gasteiger partial charge in [-0.15, -0.1) is 0 Å². The van der Waals surface area contributed by atoms with Gasteiger partial charge in [0, 0.05) is 12.5 Å². The predicted octanol–water partition coefficient (Wildman–Crippen LogP) is 1.84. The number of nitrogens with one attached hydrogen (secondary N) is 1. The Balaban J connectivity index is 2.46. The molecule has 10 heteroatoms. The first-order valence-electron chi connectivity index (χ1n) is 11.3. The topological polar surface area (TPSA) is 141 Å². The molecule has 10 nitrogen and oxygen atoms in total. The minimum atomic E-state index is -1.47. The summed E-state index contributed by atoms with van der Waals surface area (Å²) in [4.78, 5) is 74.8. The molecule has 3 amide bonds. The number of hydrogen-bond acceptors (Lipinski definition) is 6. The number of carboxylic acids is 1. The molecule has 0 aromatic heterocycles. The van der Waals surface area contributed by atoms with E-state index < -0.39 is 53.9 Å². The summed E-state index contributed by atoms with van der Waals surface area (Å²) in [6, 6.07) is 13.6. The normalized spacial score (nSPS) is 12.2. The molecule has 36 heavy (non-hydrogen) atoms. The molecular weight excluding hydrogens is 466 g/mol. The standard InChI is InChI=1S/C26H29N3O7/c1-17(2)23(27-25(35)24(34)20-12-8-5-9-13-20)26(36)28(15-19-10-6-4-7-11-19)29(18(3)31)21(16-30)14-22(32)33/h4-13,16-17,21,23H,14-15H2,1-3H3,(H,27,35)(H,32,33)/t21-,23-/m0/s1. The molecule has 0 heterocycles. The van der Waals surface area contributed by atoms with Gasteiger partial charge < -0.3 is 15.2 Å². The van der Waals surface area contributed by atoms with Crippen molar-refractivity contribution in [1.82, 2.24) is 15.3 Å². The van der Waals surface area contributed by atoms with Crippen LogP contribution < -0.4 is 5.32 Å². The van der Waals surface area contributed by atoms with Crippen molar-refractivity contribution in [2.24, 2.45) is 5.92 Å². The predicted molar refractivity (Wildman–Crippen MR) is 129 cm³/mol. The second kappa shape index (κ2) is 12.9. The molecule has 190 valence electrons. The maximum absolute atomic E-state index is 13.8. The summed E-state index contributed by atoms with van der Waals surface area (Å²) >= 11 is 0. The van der Waals surface area contributed by atoms with Gasteiger partial charge in [-0.05, 0) is 11.5 Å². The Labute approximate surface area is 208 Å². The number of amides is 3. The first kappa shape index (κ1) is 27.9. The fraction of sp³-hybridized carbons (Fsp3) is 0.308. The van der Waals surface area contributed by atoms with Gasteiger partial charge in [0.25, 0.3) is 11.8 Å². The van der Waals surface area contributed by atoms with E-state index in [9.17, 15) is 33.9 Å². The quantitative estimate of drug-likeness (QED) is 0.210. The summed E-state index contributed by atoms with van der Waals surface area (Å²) < 4.78 is 0. The summed E-state index contributed by atoms with van der Waals surface area (Å²) in [5, 5.41) is 13.4. The minimum absolute atomic E-state index is 0.138. The van der Waals surface area contributed by atoms with Crippen molar-refractivity contribution in [2.45, 2.75) is 45.8 Å². The van der Waals surface area contributed by atoms with Gasteiger partial charge in [-0.2, -0.15) is 0 Å². The number of hydrazine groups is 1. The summed E-state index contributed by atoms with van der Waals surface area (Å²) in [6.07, 6.45) is -0.449. The maximum atomic E-state index is 13.8. The number of nitrogens with zero attached hydrogens (tertiary/aromatic N) is 2. The van der Waals surface area contributed by atoms with Crippen molar-refractivity contribution in [3.63, 3.8) is 0 Å². The molecule has 0 aliphatic carbocycles. The molecule has 0 radical (unpaired) electrons. The van der Waals surface area contributed by atoms with Gasteiger partial charge in [0.2, 0.25) is 11.7 Å². The van der Waals surface area contributed by atoms with Crippen LogP contribution >= 0.6 is 0 Å². The van der Waals surface area contributed by atoms with Gasteiger partial charge in [0.05, 0.1) is 13.0 Å². The maximum Gasteiger partial charge on any atom is 0.305 e. The fourth-order valence-corrected chi connectivity index (χ4v) is 3.57. The number of Topliss-reactive ketones (excluding diaryl/α,β-unsaturated/α-hetero) is 1. The van der Waals surface area contributed by atoms with Crippen LogP contribution in [0.15, 0.2) is 60.7 Å². The van der Waals surface area contributed by atoms with Crippen LogP contribution in [-0.2, 0) is 30.5 Å². The van der Waals surface area contributed by atoms with Crippen LogP contribution in [-0.4, -0.2) is 63.0 Å². The lowest BCUT2D eigenvalue weighted by Gasteiger charge is -2.39. The van der Waals surface area contributed by atoms with Gasteiger partial charge in [-0.25, -0.2) is 10.0 Å². The first-order chi connectivity index (χ1) is 17.1. The largest absolute Gasteiger partial charge is 0.481 e. The van der Waals surface area contributed by atoms with Crippen molar-refractivity contribution in [3.05, 3.63) is 71.8 Å². The van der Waals surface area contributed by atoms with Crippen LogP contribution in [0.1, 0.15) is 43.1 Å².